The Labute approximate surface area is 163 Å². The highest BCUT2D eigenvalue weighted by Crippen LogP contribution is 2.35. The normalized spacial score (nSPS) is 12.2. The van der Waals surface area contributed by atoms with Crippen LogP contribution in [0.3, 0.4) is 0 Å². The number of aryl methyl sites for hydroxylation is 1. The van der Waals surface area contributed by atoms with E-state index in [1.165, 1.54) is 27.1 Å². The van der Waals surface area contributed by atoms with Gasteiger partial charge in [-0.15, -0.1) is 24.2 Å². The Hall–Kier alpha value is -1.17. The minimum Gasteiger partial charge on any atom is -0.395 e. The Bertz CT molecular complexity index is 833. The van der Waals surface area contributed by atoms with Crippen LogP contribution >= 0.6 is 35.8 Å². The summed E-state index contributed by atoms with van der Waals surface area (Å²) in [5.74, 6) is 0.864. The van der Waals surface area contributed by atoms with Gasteiger partial charge in [0.1, 0.15) is 0 Å². The molecule has 0 amide bonds. The van der Waals surface area contributed by atoms with E-state index in [2.05, 4.69) is 35.9 Å². The zero-order valence-corrected chi connectivity index (χ0v) is 16.4. The number of fused-ring (bicyclic) bond motifs is 1. The van der Waals surface area contributed by atoms with E-state index in [-0.39, 0.29) is 25.1 Å². The van der Waals surface area contributed by atoms with Crippen molar-refractivity contribution in [3.8, 4) is 0 Å². The van der Waals surface area contributed by atoms with Crippen LogP contribution in [0.4, 0.5) is 0 Å². The molecular formula is C19H22Cl2N2OS. The van der Waals surface area contributed by atoms with Gasteiger partial charge in [-0.3, -0.25) is 0 Å². The number of aliphatic hydroxyl groups is 1. The molecule has 0 spiro atoms. The third-order valence-electron chi connectivity index (χ3n) is 4.14. The van der Waals surface area contributed by atoms with Crippen molar-refractivity contribution >= 4 is 46.7 Å². The number of hydrogen-bond donors (Lipinski definition) is 2. The molecule has 3 nitrogen and oxygen atoms in total. The molecule has 0 fully saturated rings. The first kappa shape index (κ1) is 20.1. The second-order valence-corrected chi connectivity index (χ2v) is 7.32. The van der Waals surface area contributed by atoms with Gasteiger partial charge in [0.2, 0.25) is 0 Å². The van der Waals surface area contributed by atoms with Crippen molar-refractivity contribution in [3.63, 3.8) is 0 Å². The maximum absolute atomic E-state index is 9.35. The van der Waals surface area contributed by atoms with Gasteiger partial charge in [0.25, 0.3) is 0 Å². The number of para-hydroxylation sites is 1. The van der Waals surface area contributed by atoms with Crippen LogP contribution in [-0.2, 0) is 19.2 Å². The highest BCUT2D eigenvalue weighted by atomic mass is 35.5. The van der Waals surface area contributed by atoms with Gasteiger partial charge in [0.15, 0.2) is 0 Å². The third-order valence-corrected chi connectivity index (χ3v) is 5.67. The number of thioether (sulfide) groups is 1. The van der Waals surface area contributed by atoms with Crippen LogP contribution in [0.1, 0.15) is 11.1 Å². The molecule has 0 aliphatic heterocycles. The maximum atomic E-state index is 9.35. The number of rotatable bonds is 6. The molecule has 6 heteroatoms. The minimum absolute atomic E-state index is 0. The largest absolute Gasteiger partial charge is 0.395 e. The SMILES string of the molecule is Cl.Cn1c(SCc2ccc(Cl)cc2)c(CC(N)CO)c2ccccc21. The molecule has 1 heterocycles. The van der Waals surface area contributed by atoms with E-state index in [0.717, 1.165) is 10.8 Å². The van der Waals surface area contributed by atoms with E-state index >= 15 is 0 Å². The zero-order valence-electron chi connectivity index (χ0n) is 14.0. The maximum Gasteiger partial charge on any atom is 0.0792 e. The van der Waals surface area contributed by atoms with Crippen molar-refractivity contribution in [2.24, 2.45) is 12.8 Å². The van der Waals surface area contributed by atoms with Crippen LogP contribution in [0.25, 0.3) is 10.9 Å². The third kappa shape index (κ3) is 4.52. The van der Waals surface area contributed by atoms with Gasteiger partial charge in [0.05, 0.1) is 11.6 Å². The van der Waals surface area contributed by atoms with Crippen molar-refractivity contribution in [3.05, 3.63) is 64.7 Å². The topological polar surface area (TPSA) is 51.2 Å². The van der Waals surface area contributed by atoms with Crippen molar-refractivity contribution in [2.45, 2.75) is 23.2 Å². The Morgan fingerprint density at radius 1 is 1.16 bits per heavy atom. The van der Waals surface area contributed by atoms with Crippen LogP contribution in [-0.4, -0.2) is 22.3 Å². The van der Waals surface area contributed by atoms with E-state index in [1.54, 1.807) is 11.8 Å². The van der Waals surface area contributed by atoms with Crippen molar-refractivity contribution in [1.82, 2.24) is 4.57 Å². The van der Waals surface area contributed by atoms with Gasteiger partial charge in [0, 0.05) is 34.8 Å². The molecule has 1 aromatic heterocycles. The van der Waals surface area contributed by atoms with Crippen LogP contribution < -0.4 is 5.73 Å². The fourth-order valence-corrected chi connectivity index (χ4v) is 4.17. The Kier molecular flexibility index (Phi) is 7.23. The molecule has 1 atom stereocenters. The highest BCUT2D eigenvalue weighted by molar-refractivity contribution is 7.98. The quantitative estimate of drug-likeness (QED) is 0.606. The summed E-state index contributed by atoms with van der Waals surface area (Å²) in [6, 6.07) is 16.0. The van der Waals surface area contributed by atoms with Crippen molar-refractivity contribution in [1.29, 1.82) is 0 Å². The summed E-state index contributed by atoms with van der Waals surface area (Å²) >= 11 is 7.75. The van der Waals surface area contributed by atoms with E-state index in [0.29, 0.717) is 6.42 Å². The summed E-state index contributed by atoms with van der Waals surface area (Å²) < 4.78 is 2.22. The molecular weight excluding hydrogens is 375 g/mol. The van der Waals surface area contributed by atoms with Crippen LogP contribution in [0.5, 0.6) is 0 Å². The molecule has 134 valence electrons. The molecule has 0 aliphatic rings. The lowest BCUT2D eigenvalue weighted by atomic mass is 10.1. The lowest BCUT2D eigenvalue weighted by Crippen LogP contribution is -2.27. The molecule has 1 unspecified atom stereocenters. The first-order chi connectivity index (χ1) is 11.6. The molecule has 2 aromatic carbocycles. The fourth-order valence-electron chi connectivity index (χ4n) is 2.89. The van der Waals surface area contributed by atoms with E-state index in [9.17, 15) is 5.11 Å². The van der Waals surface area contributed by atoms with Gasteiger partial charge >= 0.3 is 0 Å². The van der Waals surface area contributed by atoms with Gasteiger partial charge in [-0.2, -0.15) is 0 Å². The summed E-state index contributed by atoms with van der Waals surface area (Å²) in [5, 5.41) is 12.5. The predicted molar refractivity (Wildman–Crippen MR) is 110 cm³/mol. The fraction of sp³-hybridized carbons (Fsp3) is 0.263. The number of aliphatic hydroxyl groups excluding tert-OH is 1. The number of halogens is 2. The molecule has 0 saturated heterocycles. The predicted octanol–water partition coefficient (Wildman–Crippen LogP) is 4.41. The van der Waals surface area contributed by atoms with Crippen LogP contribution in [0.15, 0.2) is 53.6 Å². The highest BCUT2D eigenvalue weighted by Gasteiger charge is 2.17. The van der Waals surface area contributed by atoms with Crippen molar-refractivity contribution < 1.29 is 5.11 Å². The van der Waals surface area contributed by atoms with E-state index in [4.69, 9.17) is 17.3 Å². The molecule has 0 radical (unpaired) electrons. The number of hydrogen-bond acceptors (Lipinski definition) is 3. The van der Waals surface area contributed by atoms with Gasteiger partial charge in [-0.05, 0) is 35.7 Å². The van der Waals surface area contributed by atoms with Gasteiger partial charge < -0.3 is 15.4 Å². The molecule has 0 aliphatic carbocycles. The van der Waals surface area contributed by atoms with Crippen molar-refractivity contribution in [2.75, 3.05) is 6.61 Å². The second-order valence-electron chi connectivity index (χ2n) is 5.92. The summed E-state index contributed by atoms with van der Waals surface area (Å²) in [7, 11) is 2.08. The van der Waals surface area contributed by atoms with Gasteiger partial charge in [-0.25, -0.2) is 0 Å². The molecule has 0 saturated carbocycles. The monoisotopic (exact) mass is 396 g/mol. The average Bonchev–Trinajstić information content (AvgIpc) is 2.87. The van der Waals surface area contributed by atoms with Gasteiger partial charge in [-0.1, -0.05) is 41.9 Å². The van der Waals surface area contributed by atoms with Crippen LogP contribution in [0, 0.1) is 0 Å². The summed E-state index contributed by atoms with van der Waals surface area (Å²) in [4.78, 5) is 0. The first-order valence-corrected chi connectivity index (χ1v) is 9.26. The summed E-state index contributed by atoms with van der Waals surface area (Å²) in [6.45, 7) is -0.00941. The lowest BCUT2D eigenvalue weighted by molar-refractivity contribution is 0.265. The lowest BCUT2D eigenvalue weighted by Gasteiger charge is -2.11. The zero-order chi connectivity index (χ0) is 17.1. The Morgan fingerprint density at radius 2 is 1.84 bits per heavy atom. The number of benzene rings is 2. The molecule has 3 rings (SSSR count). The summed E-state index contributed by atoms with van der Waals surface area (Å²) in [6.07, 6.45) is 0.667. The Balaban J connectivity index is 0.00000225. The van der Waals surface area contributed by atoms with E-state index in [1.807, 2.05) is 24.3 Å². The molecule has 3 N–H and O–H groups in total. The smallest absolute Gasteiger partial charge is 0.0792 e. The summed E-state index contributed by atoms with van der Waals surface area (Å²) in [5.41, 5.74) is 9.65. The molecule has 3 aromatic rings. The molecule has 25 heavy (non-hydrogen) atoms. The Morgan fingerprint density at radius 3 is 2.52 bits per heavy atom. The van der Waals surface area contributed by atoms with Crippen LogP contribution in [0.2, 0.25) is 5.02 Å². The molecule has 0 bridgehead atoms. The first-order valence-electron chi connectivity index (χ1n) is 7.90. The van der Waals surface area contributed by atoms with E-state index < -0.39 is 0 Å². The minimum atomic E-state index is -0.245. The second kappa shape index (κ2) is 8.97. The number of nitrogens with two attached hydrogens (primary N) is 1. The number of nitrogens with zero attached hydrogens (tertiary/aromatic N) is 1. The standard InChI is InChI=1S/C19H21ClN2OS.ClH/c1-22-18-5-3-2-4-16(18)17(10-15(21)11-23)19(22)24-12-13-6-8-14(20)9-7-13;/h2-9,15,23H,10-12,21H2,1H3;1H. The number of aromatic nitrogens is 1. The average molecular weight is 397 g/mol.